The Bertz CT molecular complexity index is 875. The molecule has 1 saturated heterocycles. The number of hydrogen-bond acceptors (Lipinski definition) is 5. The first-order valence-corrected chi connectivity index (χ1v) is 11.6. The minimum Gasteiger partial charge on any atom is -0.494 e. The lowest BCUT2D eigenvalue weighted by Gasteiger charge is -2.28. The van der Waals surface area contributed by atoms with Crippen LogP contribution in [-0.2, 0) is 10.0 Å². The third-order valence-electron chi connectivity index (χ3n) is 5.29. The molecule has 0 spiro atoms. The van der Waals surface area contributed by atoms with E-state index in [4.69, 9.17) is 4.74 Å². The standard InChI is InChI=1S/C22H31N3O3S/c1-4-28-20-11-13-21(14-12-20)29(26,27)23-17-22(25-15-5-6-16-25)18-7-9-19(10-8-18)24(2)3/h7-14,22-23H,4-6,15-17H2,1-3H3/t22-/m0/s1. The van der Waals surface area contributed by atoms with E-state index < -0.39 is 10.0 Å². The Morgan fingerprint density at radius 3 is 2.21 bits per heavy atom. The highest BCUT2D eigenvalue weighted by Gasteiger charge is 2.25. The van der Waals surface area contributed by atoms with Gasteiger partial charge in [-0.25, -0.2) is 13.1 Å². The van der Waals surface area contributed by atoms with E-state index in [0.717, 1.165) is 37.2 Å². The number of hydrogen-bond donors (Lipinski definition) is 1. The Morgan fingerprint density at radius 2 is 1.66 bits per heavy atom. The molecule has 0 radical (unpaired) electrons. The first-order chi connectivity index (χ1) is 13.9. The molecule has 0 aromatic heterocycles. The summed E-state index contributed by atoms with van der Waals surface area (Å²) in [5, 5.41) is 0. The van der Waals surface area contributed by atoms with E-state index in [1.165, 1.54) is 0 Å². The summed E-state index contributed by atoms with van der Waals surface area (Å²) >= 11 is 0. The Kier molecular flexibility index (Phi) is 7.16. The maximum atomic E-state index is 12.8. The summed E-state index contributed by atoms with van der Waals surface area (Å²) in [5.74, 6) is 0.669. The molecule has 1 aliphatic heterocycles. The fraction of sp³-hybridized carbons (Fsp3) is 0.455. The van der Waals surface area contributed by atoms with Crippen LogP contribution in [0.4, 0.5) is 5.69 Å². The maximum absolute atomic E-state index is 12.8. The van der Waals surface area contributed by atoms with E-state index in [2.05, 4.69) is 38.8 Å². The first-order valence-electron chi connectivity index (χ1n) is 10.1. The highest BCUT2D eigenvalue weighted by atomic mass is 32.2. The minimum absolute atomic E-state index is 0.0196. The lowest BCUT2D eigenvalue weighted by Crippen LogP contribution is -2.36. The molecule has 1 atom stereocenters. The number of ether oxygens (including phenoxy) is 1. The Labute approximate surface area is 174 Å². The number of nitrogens with one attached hydrogen (secondary N) is 1. The van der Waals surface area contributed by atoms with Crippen molar-refractivity contribution in [2.45, 2.75) is 30.7 Å². The van der Waals surface area contributed by atoms with Gasteiger partial charge in [0.05, 0.1) is 11.5 Å². The van der Waals surface area contributed by atoms with Crippen LogP contribution in [0.1, 0.15) is 31.4 Å². The topological polar surface area (TPSA) is 61.9 Å². The fourth-order valence-corrected chi connectivity index (χ4v) is 4.70. The van der Waals surface area contributed by atoms with Gasteiger partial charge in [0, 0.05) is 32.4 Å². The minimum atomic E-state index is -3.59. The van der Waals surface area contributed by atoms with E-state index in [1.54, 1.807) is 24.3 Å². The van der Waals surface area contributed by atoms with Crippen LogP contribution in [0.3, 0.4) is 0 Å². The van der Waals surface area contributed by atoms with Crippen molar-refractivity contribution in [1.82, 2.24) is 9.62 Å². The summed E-state index contributed by atoms with van der Waals surface area (Å²) in [4.78, 5) is 4.68. The predicted molar refractivity (Wildman–Crippen MR) is 117 cm³/mol. The van der Waals surface area contributed by atoms with Crippen molar-refractivity contribution in [3.05, 3.63) is 54.1 Å². The second-order valence-electron chi connectivity index (χ2n) is 7.50. The van der Waals surface area contributed by atoms with Crippen molar-refractivity contribution in [2.24, 2.45) is 0 Å². The van der Waals surface area contributed by atoms with Gasteiger partial charge in [0.2, 0.25) is 10.0 Å². The third kappa shape index (κ3) is 5.50. The number of likely N-dealkylation sites (tertiary alicyclic amines) is 1. The van der Waals surface area contributed by atoms with Crippen molar-refractivity contribution in [3.63, 3.8) is 0 Å². The van der Waals surface area contributed by atoms with Crippen LogP contribution >= 0.6 is 0 Å². The van der Waals surface area contributed by atoms with Crippen LogP contribution < -0.4 is 14.4 Å². The van der Waals surface area contributed by atoms with Crippen molar-refractivity contribution >= 4 is 15.7 Å². The average Bonchev–Trinajstić information content (AvgIpc) is 3.24. The van der Waals surface area contributed by atoms with Gasteiger partial charge in [-0.15, -0.1) is 0 Å². The molecule has 6 nitrogen and oxygen atoms in total. The van der Waals surface area contributed by atoms with Crippen molar-refractivity contribution in [3.8, 4) is 5.75 Å². The fourth-order valence-electron chi connectivity index (χ4n) is 3.66. The molecule has 2 aromatic rings. The SMILES string of the molecule is CCOc1ccc(S(=O)(=O)NC[C@@H](c2ccc(N(C)C)cc2)N2CCCC2)cc1. The van der Waals surface area contributed by atoms with Gasteiger partial charge in [-0.2, -0.15) is 0 Å². The molecule has 7 heteroatoms. The molecule has 0 bridgehead atoms. The molecule has 1 heterocycles. The van der Waals surface area contributed by atoms with Crippen LogP contribution in [0.5, 0.6) is 5.75 Å². The maximum Gasteiger partial charge on any atom is 0.240 e. The van der Waals surface area contributed by atoms with Gasteiger partial charge in [0.15, 0.2) is 0 Å². The monoisotopic (exact) mass is 417 g/mol. The summed E-state index contributed by atoms with van der Waals surface area (Å²) in [5.41, 5.74) is 2.26. The zero-order chi connectivity index (χ0) is 20.9. The lowest BCUT2D eigenvalue weighted by atomic mass is 10.1. The van der Waals surface area contributed by atoms with E-state index >= 15 is 0 Å². The van der Waals surface area contributed by atoms with Gasteiger partial charge in [0.1, 0.15) is 5.75 Å². The predicted octanol–water partition coefficient (Wildman–Crippen LogP) is 3.27. The molecule has 158 valence electrons. The second kappa shape index (κ2) is 9.61. The van der Waals surface area contributed by atoms with E-state index in [9.17, 15) is 8.42 Å². The van der Waals surface area contributed by atoms with Gasteiger partial charge in [0.25, 0.3) is 0 Å². The zero-order valence-electron chi connectivity index (χ0n) is 17.5. The molecule has 3 rings (SSSR count). The number of nitrogens with zero attached hydrogens (tertiary/aromatic N) is 2. The number of rotatable bonds is 9. The second-order valence-corrected chi connectivity index (χ2v) is 9.27. The molecule has 0 saturated carbocycles. The summed E-state index contributed by atoms with van der Waals surface area (Å²) in [6, 6.07) is 14.9. The highest BCUT2D eigenvalue weighted by Crippen LogP contribution is 2.27. The molecule has 2 aromatic carbocycles. The molecule has 0 aliphatic carbocycles. The number of anilines is 1. The van der Waals surface area contributed by atoms with Crippen molar-refractivity contribution in [1.29, 1.82) is 0 Å². The lowest BCUT2D eigenvalue weighted by molar-refractivity contribution is 0.246. The summed E-state index contributed by atoms with van der Waals surface area (Å²) < 4.78 is 33.9. The van der Waals surface area contributed by atoms with Crippen LogP contribution in [-0.4, -0.2) is 53.7 Å². The Morgan fingerprint density at radius 1 is 1.03 bits per heavy atom. The van der Waals surface area contributed by atoms with Crippen LogP contribution in [0.2, 0.25) is 0 Å². The Hall–Kier alpha value is -2.09. The third-order valence-corrected chi connectivity index (χ3v) is 6.73. The van der Waals surface area contributed by atoms with Crippen LogP contribution in [0.15, 0.2) is 53.4 Å². The molecular weight excluding hydrogens is 386 g/mol. The van der Waals surface area contributed by atoms with Crippen LogP contribution in [0.25, 0.3) is 0 Å². The summed E-state index contributed by atoms with van der Waals surface area (Å²) in [6.45, 7) is 4.77. The smallest absolute Gasteiger partial charge is 0.240 e. The zero-order valence-corrected chi connectivity index (χ0v) is 18.3. The molecule has 1 N–H and O–H groups in total. The molecule has 1 fully saturated rings. The van der Waals surface area contributed by atoms with E-state index in [0.29, 0.717) is 18.9 Å². The quantitative estimate of drug-likeness (QED) is 0.679. The Balaban J connectivity index is 1.75. The number of sulfonamides is 1. The molecule has 0 amide bonds. The van der Waals surface area contributed by atoms with Gasteiger partial charge in [-0.05, 0) is 74.8 Å². The van der Waals surface area contributed by atoms with Gasteiger partial charge < -0.3 is 9.64 Å². The molecule has 29 heavy (non-hydrogen) atoms. The molecule has 0 unspecified atom stereocenters. The number of benzene rings is 2. The van der Waals surface area contributed by atoms with E-state index in [1.807, 2.05) is 21.0 Å². The molecule has 1 aliphatic rings. The normalized spacial score (nSPS) is 16.0. The molecular formula is C22H31N3O3S. The average molecular weight is 418 g/mol. The van der Waals surface area contributed by atoms with Gasteiger partial charge >= 0.3 is 0 Å². The summed E-state index contributed by atoms with van der Waals surface area (Å²) in [6.07, 6.45) is 2.30. The largest absolute Gasteiger partial charge is 0.494 e. The van der Waals surface area contributed by atoms with Crippen molar-refractivity contribution in [2.75, 3.05) is 45.2 Å². The van der Waals surface area contributed by atoms with Crippen LogP contribution in [0, 0.1) is 0 Å². The van der Waals surface area contributed by atoms with E-state index in [-0.39, 0.29) is 10.9 Å². The highest BCUT2D eigenvalue weighted by molar-refractivity contribution is 7.89. The first kappa shape index (κ1) is 21.6. The van der Waals surface area contributed by atoms with Gasteiger partial charge in [-0.1, -0.05) is 12.1 Å². The van der Waals surface area contributed by atoms with Crippen molar-refractivity contribution < 1.29 is 13.2 Å². The van der Waals surface area contributed by atoms with Gasteiger partial charge in [-0.3, -0.25) is 4.90 Å². The summed E-state index contributed by atoms with van der Waals surface area (Å²) in [7, 11) is 0.437.